The molecule has 0 saturated carbocycles. The number of nitrogens with zero attached hydrogens (tertiary/aromatic N) is 1. The van der Waals surface area contributed by atoms with Crippen molar-refractivity contribution in [1.82, 2.24) is 4.90 Å². The molecule has 3 N–H and O–H groups in total. The standard InChI is InChI=1S/C17H18N2O2/c18-15-5-4-13-6-7-19(11-14(13)10-15)17(21)9-12-2-1-3-16(20)8-12/h1-5,8,10,20H,6-7,9,11,18H2. The summed E-state index contributed by atoms with van der Waals surface area (Å²) in [7, 11) is 0. The van der Waals surface area contributed by atoms with Gasteiger partial charge in [-0.15, -0.1) is 0 Å². The first-order chi connectivity index (χ1) is 10.1. The van der Waals surface area contributed by atoms with Crippen LogP contribution in [0.2, 0.25) is 0 Å². The Morgan fingerprint density at radius 1 is 1.19 bits per heavy atom. The predicted molar refractivity (Wildman–Crippen MR) is 81.8 cm³/mol. The van der Waals surface area contributed by atoms with Crippen molar-refractivity contribution in [1.29, 1.82) is 0 Å². The number of amides is 1. The van der Waals surface area contributed by atoms with E-state index in [9.17, 15) is 9.90 Å². The molecule has 0 bridgehead atoms. The summed E-state index contributed by atoms with van der Waals surface area (Å²) in [6, 6.07) is 12.7. The fraction of sp³-hybridized carbons (Fsp3) is 0.235. The van der Waals surface area contributed by atoms with Gasteiger partial charge in [-0.05, 0) is 47.4 Å². The minimum Gasteiger partial charge on any atom is -0.508 e. The van der Waals surface area contributed by atoms with Crippen molar-refractivity contribution in [3.63, 3.8) is 0 Å². The summed E-state index contributed by atoms with van der Waals surface area (Å²) in [5, 5.41) is 9.46. The number of benzene rings is 2. The second-order valence-corrected chi connectivity index (χ2v) is 5.44. The van der Waals surface area contributed by atoms with Crippen molar-refractivity contribution < 1.29 is 9.90 Å². The molecule has 1 aliphatic rings. The van der Waals surface area contributed by atoms with Crippen molar-refractivity contribution in [3.05, 3.63) is 59.2 Å². The third kappa shape index (κ3) is 2.99. The zero-order valence-electron chi connectivity index (χ0n) is 11.7. The number of rotatable bonds is 2. The molecule has 0 radical (unpaired) electrons. The smallest absolute Gasteiger partial charge is 0.227 e. The molecule has 1 amide bonds. The van der Waals surface area contributed by atoms with Crippen LogP contribution >= 0.6 is 0 Å². The second kappa shape index (κ2) is 5.48. The molecule has 1 heterocycles. The second-order valence-electron chi connectivity index (χ2n) is 5.44. The zero-order valence-corrected chi connectivity index (χ0v) is 11.7. The molecule has 2 aromatic carbocycles. The lowest BCUT2D eigenvalue weighted by molar-refractivity contribution is -0.131. The van der Waals surface area contributed by atoms with Gasteiger partial charge in [0.05, 0.1) is 6.42 Å². The third-order valence-electron chi connectivity index (χ3n) is 3.86. The van der Waals surface area contributed by atoms with Crippen LogP contribution in [0.3, 0.4) is 0 Å². The fourth-order valence-corrected chi connectivity index (χ4v) is 2.74. The molecule has 1 aliphatic heterocycles. The molecule has 4 heteroatoms. The van der Waals surface area contributed by atoms with Gasteiger partial charge in [-0.2, -0.15) is 0 Å². The number of carbonyl (C=O) groups excluding carboxylic acids is 1. The topological polar surface area (TPSA) is 66.6 Å². The Morgan fingerprint density at radius 2 is 2.05 bits per heavy atom. The number of nitrogen functional groups attached to an aromatic ring is 1. The van der Waals surface area contributed by atoms with Gasteiger partial charge in [0.2, 0.25) is 5.91 Å². The van der Waals surface area contributed by atoms with Gasteiger partial charge in [0.25, 0.3) is 0 Å². The summed E-state index contributed by atoms with van der Waals surface area (Å²) >= 11 is 0. The molecule has 108 valence electrons. The van der Waals surface area contributed by atoms with E-state index in [4.69, 9.17) is 5.73 Å². The van der Waals surface area contributed by atoms with E-state index in [-0.39, 0.29) is 11.7 Å². The summed E-state index contributed by atoms with van der Waals surface area (Å²) in [5.74, 6) is 0.269. The van der Waals surface area contributed by atoms with Crippen molar-refractivity contribution >= 4 is 11.6 Å². The quantitative estimate of drug-likeness (QED) is 0.829. The summed E-state index contributed by atoms with van der Waals surface area (Å²) in [5.41, 5.74) is 9.78. The number of phenolic OH excluding ortho intramolecular Hbond substituents is 1. The van der Waals surface area contributed by atoms with Gasteiger partial charge in [-0.3, -0.25) is 4.79 Å². The number of aromatic hydroxyl groups is 1. The van der Waals surface area contributed by atoms with Crippen LogP contribution < -0.4 is 5.73 Å². The van der Waals surface area contributed by atoms with Crippen LogP contribution in [0.4, 0.5) is 5.69 Å². The Kier molecular flexibility index (Phi) is 3.52. The monoisotopic (exact) mass is 282 g/mol. The number of hydrogen-bond donors (Lipinski definition) is 2. The Morgan fingerprint density at radius 3 is 2.86 bits per heavy atom. The fourth-order valence-electron chi connectivity index (χ4n) is 2.74. The number of phenols is 1. The Bertz CT molecular complexity index is 682. The average Bonchev–Trinajstić information content (AvgIpc) is 2.46. The molecule has 2 aromatic rings. The first-order valence-electron chi connectivity index (χ1n) is 7.05. The Hall–Kier alpha value is -2.49. The van der Waals surface area contributed by atoms with Crippen molar-refractivity contribution in [2.45, 2.75) is 19.4 Å². The minimum absolute atomic E-state index is 0.0775. The van der Waals surface area contributed by atoms with Crippen LogP contribution in [0.1, 0.15) is 16.7 Å². The molecule has 3 rings (SSSR count). The molecule has 21 heavy (non-hydrogen) atoms. The maximum atomic E-state index is 12.4. The van der Waals surface area contributed by atoms with E-state index in [1.54, 1.807) is 18.2 Å². The lowest BCUT2D eigenvalue weighted by Gasteiger charge is -2.29. The van der Waals surface area contributed by atoms with Gasteiger partial charge in [0.15, 0.2) is 0 Å². The number of nitrogens with two attached hydrogens (primary N) is 1. The molecule has 0 saturated heterocycles. The van der Waals surface area contributed by atoms with Crippen molar-refractivity contribution in [2.24, 2.45) is 0 Å². The number of anilines is 1. The number of hydrogen-bond acceptors (Lipinski definition) is 3. The van der Waals surface area contributed by atoms with Gasteiger partial charge < -0.3 is 15.7 Å². The SMILES string of the molecule is Nc1ccc2c(c1)CN(C(=O)Cc1cccc(O)c1)CC2. The number of fused-ring (bicyclic) bond motifs is 1. The maximum absolute atomic E-state index is 12.4. The Labute approximate surface area is 123 Å². The van der Waals surface area contributed by atoms with Gasteiger partial charge in [0.1, 0.15) is 5.75 Å². The van der Waals surface area contributed by atoms with E-state index in [2.05, 4.69) is 0 Å². The van der Waals surface area contributed by atoms with Crippen LogP contribution in [0.5, 0.6) is 5.75 Å². The molecule has 0 aromatic heterocycles. The maximum Gasteiger partial charge on any atom is 0.227 e. The van der Waals surface area contributed by atoms with E-state index in [0.717, 1.165) is 29.8 Å². The van der Waals surface area contributed by atoms with Gasteiger partial charge in [-0.1, -0.05) is 18.2 Å². The molecule has 0 aliphatic carbocycles. The van der Waals surface area contributed by atoms with Crippen LogP contribution in [-0.2, 0) is 24.2 Å². The van der Waals surface area contributed by atoms with Crippen LogP contribution in [0.15, 0.2) is 42.5 Å². The number of carbonyl (C=O) groups is 1. The highest BCUT2D eigenvalue weighted by Crippen LogP contribution is 2.22. The summed E-state index contributed by atoms with van der Waals surface area (Å²) in [6.07, 6.45) is 1.17. The first-order valence-corrected chi connectivity index (χ1v) is 7.05. The van der Waals surface area contributed by atoms with E-state index in [1.807, 2.05) is 29.2 Å². The molecule has 0 unspecified atom stereocenters. The van der Waals surface area contributed by atoms with Crippen LogP contribution in [0.25, 0.3) is 0 Å². The lowest BCUT2D eigenvalue weighted by atomic mass is 9.98. The van der Waals surface area contributed by atoms with Gasteiger partial charge in [-0.25, -0.2) is 0 Å². The highest BCUT2D eigenvalue weighted by Gasteiger charge is 2.20. The van der Waals surface area contributed by atoms with Crippen molar-refractivity contribution in [3.8, 4) is 5.75 Å². The van der Waals surface area contributed by atoms with Gasteiger partial charge in [0, 0.05) is 18.8 Å². The normalized spacial score (nSPS) is 13.8. The molecule has 0 atom stereocenters. The molecule has 0 fully saturated rings. The minimum atomic E-state index is 0.0775. The highest BCUT2D eigenvalue weighted by molar-refractivity contribution is 5.79. The molecular formula is C17H18N2O2. The largest absolute Gasteiger partial charge is 0.508 e. The van der Waals surface area contributed by atoms with E-state index < -0.39 is 0 Å². The van der Waals surface area contributed by atoms with Crippen molar-refractivity contribution in [2.75, 3.05) is 12.3 Å². The zero-order chi connectivity index (χ0) is 14.8. The molecule has 4 nitrogen and oxygen atoms in total. The van der Waals surface area contributed by atoms with E-state index in [1.165, 1.54) is 5.56 Å². The predicted octanol–water partition coefficient (Wildman–Crippen LogP) is 2.10. The molecule has 0 spiro atoms. The highest BCUT2D eigenvalue weighted by atomic mass is 16.3. The third-order valence-corrected chi connectivity index (χ3v) is 3.86. The summed E-state index contributed by atoms with van der Waals surface area (Å²) < 4.78 is 0. The lowest BCUT2D eigenvalue weighted by Crippen LogP contribution is -2.36. The summed E-state index contributed by atoms with van der Waals surface area (Å²) in [4.78, 5) is 14.2. The first kappa shape index (κ1) is 13.5. The van der Waals surface area contributed by atoms with Crippen LogP contribution in [0, 0.1) is 0 Å². The van der Waals surface area contributed by atoms with Crippen LogP contribution in [-0.4, -0.2) is 22.5 Å². The Balaban J connectivity index is 1.72. The average molecular weight is 282 g/mol. The molecular weight excluding hydrogens is 264 g/mol. The van der Waals surface area contributed by atoms with E-state index in [0.29, 0.717) is 13.0 Å². The van der Waals surface area contributed by atoms with E-state index >= 15 is 0 Å². The summed E-state index contributed by atoms with van der Waals surface area (Å²) in [6.45, 7) is 1.34. The van der Waals surface area contributed by atoms with Gasteiger partial charge >= 0.3 is 0 Å².